The van der Waals surface area contributed by atoms with Crippen LogP contribution in [0.25, 0.3) is 0 Å². The van der Waals surface area contributed by atoms with Crippen molar-refractivity contribution in [3.05, 3.63) is 0 Å². The van der Waals surface area contributed by atoms with Crippen molar-refractivity contribution in [2.45, 2.75) is 52.0 Å². The average molecular weight is 242 g/mol. The molecule has 1 amide bonds. The molecular weight excluding hydrogens is 220 g/mol. The highest BCUT2D eigenvalue weighted by atomic mass is 32.1. The second-order valence-corrected chi connectivity index (χ2v) is 5.16. The largest absolute Gasteiger partial charge is 0.393 e. The molecule has 3 nitrogen and oxygen atoms in total. The van der Waals surface area contributed by atoms with Crippen molar-refractivity contribution in [2.24, 2.45) is 17.6 Å². The van der Waals surface area contributed by atoms with Crippen LogP contribution in [0.15, 0.2) is 0 Å². The molecule has 4 heteroatoms. The lowest BCUT2D eigenvalue weighted by atomic mass is 9.82. The molecule has 0 heterocycles. The molecule has 0 bridgehead atoms. The first-order valence-electron chi connectivity index (χ1n) is 6.16. The molecule has 1 aliphatic rings. The number of rotatable bonds is 4. The molecule has 0 saturated heterocycles. The summed E-state index contributed by atoms with van der Waals surface area (Å²) in [6.45, 7) is 3.95. The monoisotopic (exact) mass is 242 g/mol. The molecule has 1 rings (SSSR count). The highest BCUT2D eigenvalue weighted by Gasteiger charge is 2.27. The van der Waals surface area contributed by atoms with E-state index in [1.165, 1.54) is 19.3 Å². The summed E-state index contributed by atoms with van der Waals surface area (Å²) in [5.74, 6) is 0.253. The summed E-state index contributed by atoms with van der Waals surface area (Å²) >= 11 is 4.84. The molecule has 0 spiro atoms. The molecule has 0 aromatic carbocycles. The van der Waals surface area contributed by atoms with Gasteiger partial charge >= 0.3 is 0 Å². The minimum atomic E-state index is -0.352. The van der Waals surface area contributed by atoms with Gasteiger partial charge in [-0.25, -0.2) is 0 Å². The van der Waals surface area contributed by atoms with Crippen molar-refractivity contribution < 1.29 is 4.79 Å². The first-order valence-corrected chi connectivity index (χ1v) is 6.56. The number of carbonyl (C=O) groups excluding carboxylic acids is 1. The maximum atomic E-state index is 11.8. The minimum absolute atomic E-state index is 0.0159. The van der Waals surface area contributed by atoms with Crippen molar-refractivity contribution in [1.29, 1.82) is 0 Å². The standard InChI is InChI=1S/C12H22N2OS/c1-3-9-6-4-5-7-10(9)14-12(15)8(2)11(13)16/h8-10H,3-7H2,1-2H3,(H2,13,16)(H,14,15). The van der Waals surface area contributed by atoms with Gasteiger partial charge in [0.05, 0.1) is 10.9 Å². The van der Waals surface area contributed by atoms with Gasteiger partial charge in [-0.15, -0.1) is 0 Å². The maximum absolute atomic E-state index is 11.8. The molecule has 1 fully saturated rings. The molecule has 1 aliphatic carbocycles. The molecule has 3 unspecified atom stereocenters. The Hall–Kier alpha value is -0.640. The Balaban J connectivity index is 2.51. The van der Waals surface area contributed by atoms with Gasteiger partial charge in [0, 0.05) is 6.04 Å². The number of amides is 1. The Morgan fingerprint density at radius 1 is 1.50 bits per heavy atom. The van der Waals surface area contributed by atoms with E-state index in [0.29, 0.717) is 12.0 Å². The third-order valence-corrected chi connectivity index (χ3v) is 3.93. The van der Waals surface area contributed by atoms with Crippen molar-refractivity contribution in [2.75, 3.05) is 0 Å². The van der Waals surface area contributed by atoms with Gasteiger partial charge in [-0.2, -0.15) is 0 Å². The van der Waals surface area contributed by atoms with Gasteiger partial charge in [-0.3, -0.25) is 4.79 Å². The van der Waals surface area contributed by atoms with Crippen LogP contribution in [0, 0.1) is 11.8 Å². The van der Waals surface area contributed by atoms with E-state index in [4.69, 9.17) is 18.0 Å². The van der Waals surface area contributed by atoms with Gasteiger partial charge in [0.25, 0.3) is 0 Å². The fourth-order valence-electron chi connectivity index (χ4n) is 2.32. The molecule has 1 saturated carbocycles. The zero-order valence-electron chi connectivity index (χ0n) is 10.2. The van der Waals surface area contributed by atoms with Gasteiger partial charge in [0.15, 0.2) is 0 Å². The van der Waals surface area contributed by atoms with E-state index in [1.807, 2.05) is 0 Å². The summed E-state index contributed by atoms with van der Waals surface area (Å²) in [7, 11) is 0. The summed E-state index contributed by atoms with van der Waals surface area (Å²) in [5.41, 5.74) is 5.48. The van der Waals surface area contributed by atoms with Crippen LogP contribution in [-0.2, 0) is 4.79 Å². The molecule has 0 radical (unpaired) electrons. The molecular formula is C12H22N2OS. The number of carbonyl (C=O) groups is 1. The third kappa shape index (κ3) is 3.44. The fourth-order valence-corrected chi connectivity index (χ4v) is 2.43. The van der Waals surface area contributed by atoms with E-state index >= 15 is 0 Å². The van der Waals surface area contributed by atoms with Gasteiger partial charge in [-0.05, 0) is 25.7 Å². The van der Waals surface area contributed by atoms with Crippen molar-refractivity contribution >= 4 is 23.1 Å². The van der Waals surface area contributed by atoms with E-state index in [9.17, 15) is 4.79 Å². The smallest absolute Gasteiger partial charge is 0.229 e. The molecule has 0 aromatic rings. The Labute approximate surface area is 103 Å². The molecule has 0 aromatic heterocycles. The lowest BCUT2D eigenvalue weighted by Crippen LogP contribution is -2.46. The van der Waals surface area contributed by atoms with Crippen molar-refractivity contribution in [1.82, 2.24) is 5.32 Å². The topological polar surface area (TPSA) is 55.1 Å². The number of nitrogens with two attached hydrogens (primary N) is 1. The highest BCUT2D eigenvalue weighted by Crippen LogP contribution is 2.26. The molecule has 3 atom stereocenters. The Morgan fingerprint density at radius 3 is 2.69 bits per heavy atom. The zero-order chi connectivity index (χ0) is 12.1. The van der Waals surface area contributed by atoms with E-state index in [-0.39, 0.29) is 16.8 Å². The van der Waals surface area contributed by atoms with Crippen molar-refractivity contribution in [3.8, 4) is 0 Å². The first kappa shape index (κ1) is 13.4. The zero-order valence-corrected chi connectivity index (χ0v) is 11.0. The van der Waals surface area contributed by atoms with Gasteiger partial charge < -0.3 is 11.1 Å². The number of hydrogen-bond donors (Lipinski definition) is 2. The van der Waals surface area contributed by atoms with E-state index < -0.39 is 0 Å². The summed E-state index contributed by atoms with van der Waals surface area (Å²) in [4.78, 5) is 12.1. The third-order valence-electron chi connectivity index (χ3n) is 3.58. The van der Waals surface area contributed by atoms with Gasteiger partial charge in [0.1, 0.15) is 0 Å². The lowest BCUT2D eigenvalue weighted by molar-refractivity contribution is -0.123. The summed E-state index contributed by atoms with van der Waals surface area (Å²) < 4.78 is 0. The van der Waals surface area contributed by atoms with Crippen LogP contribution in [0.3, 0.4) is 0 Å². The molecule has 0 aliphatic heterocycles. The van der Waals surface area contributed by atoms with Gasteiger partial charge in [-0.1, -0.05) is 38.4 Å². The van der Waals surface area contributed by atoms with Crippen LogP contribution < -0.4 is 11.1 Å². The van der Waals surface area contributed by atoms with Crippen LogP contribution in [0.2, 0.25) is 0 Å². The summed E-state index contributed by atoms with van der Waals surface area (Å²) in [6, 6.07) is 0.322. The highest BCUT2D eigenvalue weighted by molar-refractivity contribution is 7.80. The second-order valence-electron chi connectivity index (χ2n) is 4.69. The van der Waals surface area contributed by atoms with E-state index in [2.05, 4.69) is 12.2 Å². The predicted molar refractivity (Wildman–Crippen MR) is 70.1 cm³/mol. The molecule has 16 heavy (non-hydrogen) atoms. The Kier molecular flexibility index (Phi) is 5.19. The van der Waals surface area contributed by atoms with E-state index in [1.54, 1.807) is 6.92 Å². The van der Waals surface area contributed by atoms with Crippen LogP contribution in [0.1, 0.15) is 46.0 Å². The number of hydrogen-bond acceptors (Lipinski definition) is 2. The summed E-state index contributed by atoms with van der Waals surface area (Å²) in [5, 5.41) is 3.09. The Bertz CT molecular complexity index is 268. The van der Waals surface area contributed by atoms with Crippen LogP contribution in [0.4, 0.5) is 0 Å². The summed E-state index contributed by atoms with van der Waals surface area (Å²) in [6.07, 6.45) is 5.95. The van der Waals surface area contributed by atoms with Gasteiger partial charge in [0.2, 0.25) is 5.91 Å². The quantitative estimate of drug-likeness (QED) is 0.741. The van der Waals surface area contributed by atoms with E-state index in [0.717, 1.165) is 12.8 Å². The number of nitrogens with one attached hydrogen (secondary N) is 1. The predicted octanol–water partition coefficient (Wildman–Crippen LogP) is 1.99. The fraction of sp³-hybridized carbons (Fsp3) is 0.833. The molecule has 92 valence electrons. The first-order chi connectivity index (χ1) is 7.56. The maximum Gasteiger partial charge on any atom is 0.229 e. The molecule has 3 N–H and O–H groups in total. The Morgan fingerprint density at radius 2 is 2.12 bits per heavy atom. The minimum Gasteiger partial charge on any atom is -0.393 e. The van der Waals surface area contributed by atoms with Crippen LogP contribution in [0.5, 0.6) is 0 Å². The van der Waals surface area contributed by atoms with Crippen LogP contribution >= 0.6 is 12.2 Å². The lowest BCUT2D eigenvalue weighted by Gasteiger charge is -2.32. The average Bonchev–Trinajstić information content (AvgIpc) is 2.28. The SMILES string of the molecule is CCC1CCCCC1NC(=O)C(C)C(N)=S. The van der Waals surface area contributed by atoms with Crippen molar-refractivity contribution in [3.63, 3.8) is 0 Å². The normalized spacial score (nSPS) is 27.1. The second kappa shape index (κ2) is 6.18. The number of thiocarbonyl (C=S) groups is 1. The van der Waals surface area contributed by atoms with Crippen LogP contribution in [-0.4, -0.2) is 16.9 Å².